The smallest absolute Gasteiger partial charge is 0.140 e. The Balaban J connectivity index is 1.88. The molecule has 0 saturated carbocycles. The molecule has 0 fully saturated rings. The van der Waals surface area contributed by atoms with Crippen molar-refractivity contribution in [3.05, 3.63) is 45.4 Å². The molecule has 18 heavy (non-hydrogen) atoms. The Morgan fingerprint density at radius 2 is 2.28 bits per heavy atom. The van der Waals surface area contributed by atoms with Crippen LogP contribution in [0.3, 0.4) is 0 Å². The number of nitrogens with zero attached hydrogens (tertiary/aromatic N) is 1. The fraction of sp³-hybridized carbons (Fsp3) is 0.308. The van der Waals surface area contributed by atoms with Crippen LogP contribution in [0.4, 0.5) is 5.82 Å². The van der Waals surface area contributed by atoms with Gasteiger partial charge < -0.3 is 9.73 Å². The number of rotatable bonds is 5. The van der Waals surface area contributed by atoms with Gasteiger partial charge in [-0.2, -0.15) is 0 Å². The third-order valence-electron chi connectivity index (χ3n) is 2.59. The lowest BCUT2D eigenvalue weighted by atomic mass is 10.1. The molecule has 0 aliphatic heterocycles. The molecule has 0 aromatic carbocycles. The highest BCUT2D eigenvalue weighted by Gasteiger charge is 2.08. The standard InChI is InChI=1S/C13H14Br2N2O/c1-9(4-5-11-3-2-6-18-11)17-13-12(15)7-10(14)8-16-13/h2-3,6-9H,4-5H2,1H3,(H,16,17). The van der Waals surface area contributed by atoms with E-state index in [0.29, 0.717) is 6.04 Å². The highest BCUT2D eigenvalue weighted by molar-refractivity contribution is 9.11. The molecule has 1 atom stereocenters. The Bertz CT molecular complexity index is 500. The lowest BCUT2D eigenvalue weighted by molar-refractivity contribution is 0.495. The van der Waals surface area contributed by atoms with Crippen LogP contribution in [0.2, 0.25) is 0 Å². The Labute approximate surface area is 123 Å². The molecular formula is C13H14Br2N2O. The number of pyridine rings is 1. The molecule has 0 saturated heterocycles. The molecule has 0 amide bonds. The second-order valence-electron chi connectivity index (χ2n) is 4.15. The van der Waals surface area contributed by atoms with Crippen LogP contribution in [0.1, 0.15) is 19.1 Å². The molecule has 2 rings (SSSR count). The first-order valence-electron chi connectivity index (χ1n) is 5.75. The van der Waals surface area contributed by atoms with E-state index in [1.165, 1.54) is 0 Å². The van der Waals surface area contributed by atoms with E-state index in [4.69, 9.17) is 4.42 Å². The van der Waals surface area contributed by atoms with E-state index in [-0.39, 0.29) is 0 Å². The van der Waals surface area contributed by atoms with Gasteiger partial charge >= 0.3 is 0 Å². The maximum absolute atomic E-state index is 5.31. The Morgan fingerprint density at radius 1 is 1.44 bits per heavy atom. The minimum atomic E-state index is 0.333. The SMILES string of the molecule is CC(CCc1ccco1)Nc1ncc(Br)cc1Br. The summed E-state index contributed by atoms with van der Waals surface area (Å²) in [7, 11) is 0. The van der Waals surface area contributed by atoms with Gasteiger partial charge in [-0.25, -0.2) is 4.98 Å². The van der Waals surface area contributed by atoms with E-state index in [0.717, 1.165) is 33.4 Å². The van der Waals surface area contributed by atoms with Gasteiger partial charge in [0.05, 0.1) is 10.7 Å². The van der Waals surface area contributed by atoms with Crippen LogP contribution in [0.25, 0.3) is 0 Å². The molecule has 3 nitrogen and oxygen atoms in total. The Morgan fingerprint density at radius 3 is 2.94 bits per heavy atom. The van der Waals surface area contributed by atoms with Gasteiger partial charge in [0.25, 0.3) is 0 Å². The molecule has 0 bridgehead atoms. The van der Waals surface area contributed by atoms with Crippen LogP contribution >= 0.6 is 31.9 Å². The predicted octanol–water partition coefficient (Wildman–Crippen LogP) is 4.63. The molecule has 1 unspecified atom stereocenters. The second kappa shape index (κ2) is 6.38. The van der Waals surface area contributed by atoms with Crippen LogP contribution < -0.4 is 5.32 Å². The van der Waals surface area contributed by atoms with Crippen molar-refractivity contribution in [2.24, 2.45) is 0 Å². The number of aryl methyl sites for hydroxylation is 1. The van der Waals surface area contributed by atoms with Gasteiger partial charge in [0.2, 0.25) is 0 Å². The summed E-state index contributed by atoms with van der Waals surface area (Å²) in [5.74, 6) is 1.89. The number of hydrogen-bond acceptors (Lipinski definition) is 3. The number of hydrogen-bond donors (Lipinski definition) is 1. The summed E-state index contributed by atoms with van der Waals surface area (Å²) in [4.78, 5) is 4.33. The number of furan rings is 1. The van der Waals surface area contributed by atoms with E-state index in [1.54, 1.807) is 12.5 Å². The predicted molar refractivity (Wildman–Crippen MR) is 79.8 cm³/mol. The number of aromatic nitrogens is 1. The average molecular weight is 374 g/mol. The van der Waals surface area contributed by atoms with Crippen molar-refractivity contribution in [3.8, 4) is 0 Å². The van der Waals surface area contributed by atoms with Gasteiger partial charge in [0.15, 0.2) is 0 Å². The first-order chi connectivity index (χ1) is 8.65. The van der Waals surface area contributed by atoms with E-state index < -0.39 is 0 Å². The highest BCUT2D eigenvalue weighted by atomic mass is 79.9. The highest BCUT2D eigenvalue weighted by Crippen LogP contribution is 2.24. The first-order valence-corrected chi connectivity index (χ1v) is 7.33. The van der Waals surface area contributed by atoms with Gasteiger partial charge in [-0.3, -0.25) is 0 Å². The minimum Gasteiger partial charge on any atom is -0.469 e. The lowest BCUT2D eigenvalue weighted by Crippen LogP contribution is -2.17. The van der Waals surface area contributed by atoms with Crippen LogP contribution in [0.5, 0.6) is 0 Å². The zero-order valence-corrected chi connectivity index (χ0v) is 13.2. The average Bonchev–Trinajstić information content (AvgIpc) is 2.83. The largest absolute Gasteiger partial charge is 0.469 e. The molecule has 0 radical (unpaired) electrons. The monoisotopic (exact) mass is 372 g/mol. The molecule has 0 aliphatic rings. The van der Waals surface area contributed by atoms with Gasteiger partial charge in [-0.15, -0.1) is 0 Å². The van der Waals surface area contributed by atoms with E-state index in [2.05, 4.69) is 49.1 Å². The van der Waals surface area contributed by atoms with Crippen LogP contribution in [0, 0.1) is 0 Å². The van der Waals surface area contributed by atoms with Gasteiger partial charge in [0.1, 0.15) is 11.6 Å². The Kier molecular flexibility index (Phi) is 4.83. The fourth-order valence-corrected chi connectivity index (χ4v) is 2.74. The molecule has 5 heteroatoms. The van der Waals surface area contributed by atoms with Gasteiger partial charge in [-0.05, 0) is 63.4 Å². The first kappa shape index (κ1) is 13.6. The van der Waals surface area contributed by atoms with Crippen molar-refractivity contribution in [2.75, 3.05) is 5.32 Å². The van der Waals surface area contributed by atoms with Crippen LogP contribution in [-0.4, -0.2) is 11.0 Å². The molecule has 1 N–H and O–H groups in total. The van der Waals surface area contributed by atoms with Crippen molar-refractivity contribution in [3.63, 3.8) is 0 Å². The molecule has 2 aromatic heterocycles. The minimum absolute atomic E-state index is 0.333. The summed E-state index contributed by atoms with van der Waals surface area (Å²) in [6, 6.07) is 6.23. The number of anilines is 1. The van der Waals surface area contributed by atoms with E-state index >= 15 is 0 Å². The van der Waals surface area contributed by atoms with Gasteiger partial charge in [-0.1, -0.05) is 0 Å². The number of nitrogens with one attached hydrogen (secondary N) is 1. The van der Waals surface area contributed by atoms with Crippen molar-refractivity contribution in [2.45, 2.75) is 25.8 Å². The normalized spacial score (nSPS) is 12.4. The molecule has 2 heterocycles. The molecular weight excluding hydrogens is 360 g/mol. The van der Waals surface area contributed by atoms with E-state index in [1.807, 2.05) is 18.2 Å². The zero-order chi connectivity index (χ0) is 13.0. The fourth-order valence-electron chi connectivity index (χ4n) is 1.64. The maximum Gasteiger partial charge on any atom is 0.140 e. The van der Waals surface area contributed by atoms with Crippen LogP contribution in [0.15, 0.2) is 44.0 Å². The summed E-state index contributed by atoms with van der Waals surface area (Å²) in [6.07, 6.45) is 5.42. The zero-order valence-electron chi connectivity index (χ0n) is 9.99. The summed E-state index contributed by atoms with van der Waals surface area (Å²) < 4.78 is 7.24. The van der Waals surface area contributed by atoms with Crippen molar-refractivity contribution in [1.82, 2.24) is 4.98 Å². The summed E-state index contributed by atoms with van der Waals surface area (Å²) in [5.41, 5.74) is 0. The van der Waals surface area contributed by atoms with Gasteiger partial charge in [0, 0.05) is 23.1 Å². The van der Waals surface area contributed by atoms with E-state index in [9.17, 15) is 0 Å². The summed E-state index contributed by atoms with van der Waals surface area (Å²) in [6.45, 7) is 2.14. The number of halogens is 2. The Hall–Kier alpha value is -0.810. The van der Waals surface area contributed by atoms with Crippen molar-refractivity contribution in [1.29, 1.82) is 0 Å². The third-order valence-corrected chi connectivity index (χ3v) is 3.63. The lowest BCUT2D eigenvalue weighted by Gasteiger charge is -2.15. The molecule has 96 valence electrons. The topological polar surface area (TPSA) is 38.1 Å². The second-order valence-corrected chi connectivity index (χ2v) is 5.92. The van der Waals surface area contributed by atoms with Crippen molar-refractivity contribution < 1.29 is 4.42 Å². The molecule has 0 spiro atoms. The third kappa shape index (κ3) is 3.85. The maximum atomic E-state index is 5.31. The van der Waals surface area contributed by atoms with Crippen molar-refractivity contribution >= 4 is 37.7 Å². The quantitative estimate of drug-likeness (QED) is 0.829. The molecule has 2 aromatic rings. The van der Waals surface area contributed by atoms with Crippen LogP contribution in [-0.2, 0) is 6.42 Å². The summed E-state index contributed by atoms with van der Waals surface area (Å²) >= 11 is 6.88. The molecule has 0 aliphatic carbocycles. The summed E-state index contributed by atoms with van der Waals surface area (Å²) in [5, 5.41) is 3.38.